The van der Waals surface area contributed by atoms with Gasteiger partial charge in [0.2, 0.25) is 5.69 Å². The molecule has 3 aliphatic rings. The number of benzene rings is 2. The van der Waals surface area contributed by atoms with Gasteiger partial charge in [-0.3, -0.25) is 0 Å². The van der Waals surface area contributed by atoms with Crippen LogP contribution in [0.4, 0.5) is 11.4 Å². The number of hydrogen-bond acceptors (Lipinski definition) is 7. The van der Waals surface area contributed by atoms with Crippen molar-refractivity contribution in [1.29, 1.82) is 0 Å². The first-order valence-electron chi connectivity index (χ1n) is 18.1. The zero-order valence-electron chi connectivity index (χ0n) is 32.0. The van der Waals surface area contributed by atoms with Crippen LogP contribution in [0.3, 0.4) is 0 Å². The quantitative estimate of drug-likeness (QED) is 0.146. The normalized spacial score (nSPS) is 19.5. The fourth-order valence-corrected chi connectivity index (χ4v) is 8.01. The highest BCUT2D eigenvalue weighted by Crippen LogP contribution is 2.50. The molecule has 2 aliphatic heterocycles. The van der Waals surface area contributed by atoms with Gasteiger partial charge in [0.1, 0.15) is 12.4 Å². The van der Waals surface area contributed by atoms with Gasteiger partial charge in [-0.25, -0.2) is 0 Å². The van der Waals surface area contributed by atoms with Crippen molar-refractivity contribution in [3.63, 3.8) is 0 Å². The molecule has 0 bridgehead atoms. The van der Waals surface area contributed by atoms with Crippen molar-refractivity contribution >= 4 is 28.7 Å². The van der Waals surface area contributed by atoms with Crippen molar-refractivity contribution in [3.05, 3.63) is 87.1 Å². The predicted octanol–water partition coefficient (Wildman–Crippen LogP) is 8.50. The highest BCUT2D eigenvalue weighted by atomic mass is 35.5. The van der Waals surface area contributed by atoms with Crippen molar-refractivity contribution in [2.45, 2.75) is 78.2 Å². The summed E-state index contributed by atoms with van der Waals surface area (Å²) < 4.78 is 31.0. The minimum Gasteiger partial charge on any atom is -0.496 e. The molecule has 0 saturated heterocycles. The summed E-state index contributed by atoms with van der Waals surface area (Å²) in [5, 5.41) is 10.9. The van der Waals surface area contributed by atoms with Crippen molar-refractivity contribution in [2.75, 3.05) is 65.7 Å². The lowest BCUT2D eigenvalue weighted by atomic mass is 9.81. The number of fused-ring (bicyclic) bond motifs is 2. The average Bonchev–Trinajstić information content (AvgIpc) is 3.46. The molecule has 8 nitrogen and oxygen atoms in total. The minimum atomic E-state index is -0.307. The standard InChI is InChI=1S/C42H56ClN2O6/c1-10-50-21-19-44-33-25-35(47-7)30(27-46)23-31(33)41(3,4)38(44)17-15-28-13-12-14-29(40(28)43)16-18-39-42(5,6)32-24-36(48-8)37(49-9)26-34(32)45(39)20-22-51-11-2/h15-18,23-26,46H,10-14,19-22,27H2,1-9H3/q+1. The monoisotopic (exact) mass is 719 g/mol. The molecule has 0 atom stereocenters. The first-order chi connectivity index (χ1) is 24.5. The van der Waals surface area contributed by atoms with Crippen molar-refractivity contribution < 1.29 is 33.4 Å². The highest BCUT2D eigenvalue weighted by Gasteiger charge is 2.45. The Bertz CT molecular complexity index is 1770. The first kappa shape index (κ1) is 38.7. The Hall–Kier alpha value is -3.56. The molecule has 2 aromatic carbocycles. The van der Waals surface area contributed by atoms with Gasteiger partial charge in [-0.15, -0.1) is 0 Å². The van der Waals surface area contributed by atoms with Crippen LogP contribution in [0.1, 0.15) is 77.5 Å². The summed E-state index contributed by atoms with van der Waals surface area (Å²) in [5.74, 6) is 2.11. The van der Waals surface area contributed by atoms with Gasteiger partial charge in [-0.1, -0.05) is 37.6 Å². The summed E-state index contributed by atoms with van der Waals surface area (Å²) in [6, 6.07) is 8.30. The smallest absolute Gasteiger partial charge is 0.213 e. The largest absolute Gasteiger partial charge is 0.496 e. The van der Waals surface area contributed by atoms with E-state index in [0.717, 1.165) is 69.4 Å². The van der Waals surface area contributed by atoms with Crippen molar-refractivity contribution in [2.24, 2.45) is 0 Å². The third-order valence-corrected chi connectivity index (χ3v) is 11.0. The second kappa shape index (κ2) is 16.4. The number of anilines is 1. The Morgan fingerprint density at radius 1 is 0.824 bits per heavy atom. The summed E-state index contributed by atoms with van der Waals surface area (Å²) in [5.41, 5.74) is 9.31. The fraction of sp³-hybridized carbons (Fsp3) is 0.500. The zero-order chi connectivity index (χ0) is 36.9. The molecule has 0 spiro atoms. The Labute approximate surface area is 309 Å². The number of ether oxygens (including phenoxy) is 5. The van der Waals surface area contributed by atoms with Crippen LogP contribution >= 0.6 is 11.6 Å². The molecule has 0 unspecified atom stereocenters. The number of aliphatic hydroxyl groups is 1. The Balaban J connectivity index is 1.53. The van der Waals surface area contributed by atoms with E-state index in [1.165, 1.54) is 11.3 Å². The molecular weight excluding hydrogens is 664 g/mol. The molecule has 0 fully saturated rings. The number of nitrogens with zero attached hydrogens (tertiary/aromatic N) is 2. The van der Waals surface area contributed by atoms with Gasteiger partial charge in [-0.05, 0) is 81.9 Å². The van der Waals surface area contributed by atoms with Crippen LogP contribution < -0.4 is 19.1 Å². The van der Waals surface area contributed by atoms with E-state index in [2.05, 4.69) is 79.7 Å². The van der Waals surface area contributed by atoms with Gasteiger partial charge < -0.3 is 33.7 Å². The van der Waals surface area contributed by atoms with E-state index in [-0.39, 0.29) is 17.4 Å². The molecule has 1 aliphatic carbocycles. The maximum Gasteiger partial charge on any atom is 0.213 e. The Morgan fingerprint density at radius 2 is 1.51 bits per heavy atom. The molecule has 1 N–H and O–H groups in total. The number of hydrogen-bond donors (Lipinski definition) is 1. The lowest BCUT2D eigenvalue weighted by Crippen LogP contribution is -2.29. The maximum absolute atomic E-state index is 10.1. The van der Waals surface area contributed by atoms with Gasteiger partial charge in [0, 0.05) is 64.9 Å². The van der Waals surface area contributed by atoms with E-state index in [1.54, 1.807) is 21.3 Å². The van der Waals surface area contributed by atoms with Crippen LogP contribution in [0.15, 0.2) is 70.4 Å². The molecule has 0 radical (unpaired) electrons. The van der Waals surface area contributed by atoms with Gasteiger partial charge in [0.25, 0.3) is 0 Å². The van der Waals surface area contributed by atoms with Gasteiger partial charge in [0.15, 0.2) is 23.8 Å². The molecular formula is C42H56ClN2O6+. The number of rotatable bonds is 15. The number of aliphatic hydroxyl groups excluding tert-OH is 1. The second-order valence-corrected chi connectivity index (χ2v) is 14.5. The van der Waals surface area contributed by atoms with E-state index in [0.29, 0.717) is 51.0 Å². The third-order valence-electron chi connectivity index (χ3n) is 10.5. The molecule has 2 heterocycles. The minimum absolute atomic E-state index is 0.0830. The maximum atomic E-state index is 10.1. The van der Waals surface area contributed by atoms with Gasteiger partial charge >= 0.3 is 0 Å². The number of halogens is 1. The Morgan fingerprint density at radius 3 is 2.18 bits per heavy atom. The van der Waals surface area contributed by atoms with E-state index < -0.39 is 0 Å². The summed E-state index contributed by atoms with van der Waals surface area (Å²) in [6.45, 7) is 16.9. The molecule has 0 aromatic heterocycles. The van der Waals surface area contributed by atoms with Crippen LogP contribution in [0.5, 0.6) is 17.2 Å². The lowest BCUT2D eigenvalue weighted by Gasteiger charge is -2.27. The van der Waals surface area contributed by atoms with E-state index >= 15 is 0 Å². The first-order valence-corrected chi connectivity index (χ1v) is 18.5. The van der Waals surface area contributed by atoms with Gasteiger partial charge in [0.05, 0.1) is 46.0 Å². The van der Waals surface area contributed by atoms with Crippen LogP contribution in [-0.4, -0.2) is 76.2 Å². The van der Waals surface area contributed by atoms with E-state index in [4.69, 9.17) is 35.3 Å². The molecule has 9 heteroatoms. The topological polar surface area (TPSA) is 72.6 Å². The Kier molecular flexibility index (Phi) is 12.4. The van der Waals surface area contributed by atoms with E-state index in [9.17, 15) is 5.11 Å². The highest BCUT2D eigenvalue weighted by molar-refractivity contribution is 6.32. The van der Waals surface area contributed by atoms with Crippen LogP contribution in [-0.2, 0) is 26.9 Å². The van der Waals surface area contributed by atoms with Crippen LogP contribution in [0.25, 0.3) is 0 Å². The molecule has 0 saturated carbocycles. The number of allylic oxidation sites excluding steroid dienone is 8. The van der Waals surface area contributed by atoms with Gasteiger partial charge in [-0.2, -0.15) is 4.58 Å². The molecule has 51 heavy (non-hydrogen) atoms. The van der Waals surface area contributed by atoms with Crippen LogP contribution in [0.2, 0.25) is 0 Å². The zero-order valence-corrected chi connectivity index (χ0v) is 32.7. The SMILES string of the molecule is CCOCCN1C(=CC=C2CCCC(C=CC3=[N+](CCOCC)c4cc(OC)c(OC)cc4C3(C)C)=C2Cl)C(C)(C)c2cc(CO)c(OC)cc21. The summed E-state index contributed by atoms with van der Waals surface area (Å²) in [7, 11) is 5.00. The summed E-state index contributed by atoms with van der Waals surface area (Å²) in [6.07, 6.45) is 11.7. The molecule has 0 amide bonds. The second-order valence-electron chi connectivity index (χ2n) is 14.2. The summed E-state index contributed by atoms with van der Waals surface area (Å²) >= 11 is 7.25. The molecule has 2 aromatic rings. The third kappa shape index (κ3) is 7.52. The summed E-state index contributed by atoms with van der Waals surface area (Å²) in [4.78, 5) is 2.32. The molecule has 276 valence electrons. The van der Waals surface area contributed by atoms with Crippen molar-refractivity contribution in [1.82, 2.24) is 0 Å². The number of methoxy groups -OCH3 is 3. The fourth-order valence-electron chi connectivity index (χ4n) is 7.70. The lowest BCUT2D eigenvalue weighted by molar-refractivity contribution is -0.442. The van der Waals surface area contributed by atoms with E-state index in [1.807, 2.05) is 19.9 Å². The van der Waals surface area contributed by atoms with Crippen LogP contribution in [0, 0.1) is 0 Å². The average molecular weight is 720 g/mol. The van der Waals surface area contributed by atoms with Crippen molar-refractivity contribution in [3.8, 4) is 17.2 Å². The predicted molar refractivity (Wildman–Crippen MR) is 207 cm³/mol. The molecule has 5 rings (SSSR count).